The van der Waals surface area contributed by atoms with Crippen LogP contribution in [0.2, 0.25) is 0 Å². The van der Waals surface area contributed by atoms with Crippen molar-refractivity contribution in [2.75, 3.05) is 5.73 Å². The third-order valence-electron chi connectivity index (χ3n) is 2.63. The van der Waals surface area contributed by atoms with Crippen LogP contribution in [0.15, 0.2) is 4.52 Å². The van der Waals surface area contributed by atoms with Crippen molar-refractivity contribution in [3.05, 3.63) is 11.3 Å². The molecule has 1 heterocycles. The molecule has 1 atom stereocenters. The monoisotopic (exact) mass is 182 g/mol. The zero-order chi connectivity index (χ0) is 10.0. The smallest absolute Gasteiger partial charge is 0.225 e. The summed E-state index contributed by atoms with van der Waals surface area (Å²) in [7, 11) is 0. The summed E-state index contributed by atoms with van der Waals surface area (Å²) in [5, 5.41) is 4.01. The highest BCUT2D eigenvalue weighted by Crippen LogP contribution is 2.29. The molecule has 0 aliphatic carbocycles. The van der Waals surface area contributed by atoms with Crippen LogP contribution < -0.4 is 5.73 Å². The van der Waals surface area contributed by atoms with E-state index in [0.29, 0.717) is 17.7 Å². The molecule has 1 aromatic heterocycles. The molecule has 3 heteroatoms. The van der Waals surface area contributed by atoms with Gasteiger partial charge in [-0.05, 0) is 12.3 Å². The molecule has 1 rings (SSSR count). The highest BCUT2D eigenvalue weighted by Gasteiger charge is 2.19. The molecule has 0 aliphatic rings. The van der Waals surface area contributed by atoms with Crippen molar-refractivity contribution >= 4 is 5.88 Å². The minimum absolute atomic E-state index is 0.413. The average Bonchev–Trinajstić information content (AvgIpc) is 2.45. The van der Waals surface area contributed by atoms with E-state index in [2.05, 4.69) is 32.9 Å². The molecule has 1 unspecified atom stereocenters. The first-order valence-corrected chi connectivity index (χ1v) is 4.81. The second kappa shape index (κ2) is 3.81. The van der Waals surface area contributed by atoms with Crippen molar-refractivity contribution < 1.29 is 4.52 Å². The predicted octanol–water partition coefficient (Wildman–Crippen LogP) is 2.58. The molecular weight excluding hydrogens is 164 g/mol. The van der Waals surface area contributed by atoms with Crippen LogP contribution in [0.5, 0.6) is 0 Å². The zero-order valence-electron chi connectivity index (χ0n) is 8.79. The van der Waals surface area contributed by atoms with Gasteiger partial charge in [-0.25, -0.2) is 0 Å². The molecule has 0 aliphatic heterocycles. The standard InChI is InChI=1S/C10H18N2O/c1-5-8-9(7(4)6(2)3)12-13-10(8)11/h6-7H,5,11H2,1-4H3. The summed E-state index contributed by atoms with van der Waals surface area (Å²) in [6.07, 6.45) is 0.891. The summed E-state index contributed by atoms with van der Waals surface area (Å²) < 4.78 is 4.99. The van der Waals surface area contributed by atoms with Crippen molar-refractivity contribution in [3.8, 4) is 0 Å². The molecule has 0 radical (unpaired) electrons. The predicted molar refractivity (Wildman–Crippen MR) is 53.5 cm³/mol. The Morgan fingerprint density at radius 2 is 2.00 bits per heavy atom. The van der Waals surface area contributed by atoms with E-state index in [1.165, 1.54) is 0 Å². The number of aromatic nitrogens is 1. The maximum atomic E-state index is 5.66. The molecule has 0 spiro atoms. The topological polar surface area (TPSA) is 52.0 Å². The Labute approximate surface area is 79.3 Å². The van der Waals surface area contributed by atoms with Crippen LogP contribution in [0.1, 0.15) is 44.9 Å². The molecule has 0 amide bonds. The molecule has 74 valence electrons. The summed E-state index contributed by atoms with van der Waals surface area (Å²) in [4.78, 5) is 0. The number of anilines is 1. The minimum Gasteiger partial charge on any atom is -0.367 e. The van der Waals surface area contributed by atoms with Gasteiger partial charge in [0.2, 0.25) is 5.88 Å². The molecule has 0 saturated carbocycles. The highest BCUT2D eigenvalue weighted by molar-refractivity contribution is 5.40. The van der Waals surface area contributed by atoms with Crippen LogP contribution in [0.3, 0.4) is 0 Å². The van der Waals surface area contributed by atoms with E-state index in [-0.39, 0.29) is 0 Å². The lowest BCUT2D eigenvalue weighted by Gasteiger charge is -2.13. The molecule has 0 fully saturated rings. The van der Waals surface area contributed by atoms with Crippen molar-refractivity contribution in [3.63, 3.8) is 0 Å². The maximum absolute atomic E-state index is 5.66. The number of hydrogen-bond donors (Lipinski definition) is 1. The number of nitrogen functional groups attached to an aromatic ring is 1. The molecule has 2 N–H and O–H groups in total. The number of nitrogens with two attached hydrogens (primary N) is 1. The van der Waals surface area contributed by atoms with Gasteiger partial charge in [-0.1, -0.05) is 32.9 Å². The minimum atomic E-state index is 0.413. The fourth-order valence-electron chi connectivity index (χ4n) is 1.36. The van der Waals surface area contributed by atoms with Gasteiger partial charge in [0.25, 0.3) is 0 Å². The third-order valence-corrected chi connectivity index (χ3v) is 2.63. The van der Waals surface area contributed by atoms with E-state index < -0.39 is 0 Å². The van der Waals surface area contributed by atoms with Gasteiger partial charge in [-0.15, -0.1) is 0 Å². The molecule has 0 saturated heterocycles. The van der Waals surface area contributed by atoms with Gasteiger partial charge in [-0.3, -0.25) is 0 Å². The first-order valence-electron chi connectivity index (χ1n) is 4.81. The summed E-state index contributed by atoms with van der Waals surface area (Å²) in [6.45, 7) is 8.57. The van der Waals surface area contributed by atoms with Crippen LogP contribution in [-0.2, 0) is 6.42 Å². The van der Waals surface area contributed by atoms with Crippen molar-refractivity contribution in [2.45, 2.75) is 40.0 Å². The quantitative estimate of drug-likeness (QED) is 0.781. The first kappa shape index (κ1) is 10.1. The SMILES string of the molecule is CCc1c(C(C)C(C)C)noc1N. The number of hydrogen-bond acceptors (Lipinski definition) is 3. The summed E-state index contributed by atoms with van der Waals surface area (Å²) in [6, 6.07) is 0. The van der Waals surface area contributed by atoms with Crippen molar-refractivity contribution in [1.29, 1.82) is 0 Å². The van der Waals surface area contributed by atoms with E-state index in [0.717, 1.165) is 17.7 Å². The van der Waals surface area contributed by atoms with Crippen molar-refractivity contribution in [2.24, 2.45) is 5.92 Å². The van der Waals surface area contributed by atoms with Crippen LogP contribution >= 0.6 is 0 Å². The average molecular weight is 182 g/mol. The van der Waals surface area contributed by atoms with Gasteiger partial charge in [0.15, 0.2) is 0 Å². The van der Waals surface area contributed by atoms with E-state index >= 15 is 0 Å². The van der Waals surface area contributed by atoms with Gasteiger partial charge < -0.3 is 10.3 Å². The number of rotatable bonds is 3. The Morgan fingerprint density at radius 3 is 2.46 bits per heavy atom. The maximum Gasteiger partial charge on any atom is 0.225 e. The lowest BCUT2D eigenvalue weighted by molar-refractivity contribution is 0.407. The fourth-order valence-corrected chi connectivity index (χ4v) is 1.36. The van der Waals surface area contributed by atoms with Crippen LogP contribution in [0.4, 0.5) is 5.88 Å². The Bertz CT molecular complexity index is 278. The molecule has 0 aromatic carbocycles. The van der Waals surface area contributed by atoms with Gasteiger partial charge in [-0.2, -0.15) is 0 Å². The van der Waals surface area contributed by atoms with Crippen molar-refractivity contribution in [1.82, 2.24) is 5.16 Å². The van der Waals surface area contributed by atoms with E-state index in [4.69, 9.17) is 10.3 Å². The van der Waals surface area contributed by atoms with Crippen LogP contribution in [0.25, 0.3) is 0 Å². The molecular formula is C10H18N2O. The van der Waals surface area contributed by atoms with E-state index in [1.54, 1.807) is 0 Å². The normalized spacial score (nSPS) is 13.6. The Hall–Kier alpha value is -0.990. The van der Waals surface area contributed by atoms with Gasteiger partial charge in [0, 0.05) is 11.5 Å². The highest BCUT2D eigenvalue weighted by atomic mass is 16.5. The van der Waals surface area contributed by atoms with Crippen LogP contribution in [-0.4, -0.2) is 5.16 Å². The summed E-state index contributed by atoms with van der Waals surface area (Å²) in [5.74, 6) is 1.45. The van der Waals surface area contributed by atoms with Gasteiger partial charge in [0.05, 0.1) is 5.69 Å². The Morgan fingerprint density at radius 1 is 1.38 bits per heavy atom. The lowest BCUT2D eigenvalue weighted by atomic mass is 9.91. The largest absolute Gasteiger partial charge is 0.367 e. The molecule has 1 aromatic rings. The Balaban J connectivity index is 3.00. The molecule has 0 bridgehead atoms. The fraction of sp³-hybridized carbons (Fsp3) is 0.700. The molecule has 13 heavy (non-hydrogen) atoms. The summed E-state index contributed by atoms with van der Waals surface area (Å²) in [5.41, 5.74) is 7.75. The first-order chi connectivity index (χ1) is 6.07. The van der Waals surface area contributed by atoms with Crippen LogP contribution in [0, 0.1) is 5.92 Å². The zero-order valence-corrected chi connectivity index (χ0v) is 8.79. The Kier molecular flexibility index (Phi) is 2.96. The molecule has 3 nitrogen and oxygen atoms in total. The number of nitrogens with zero attached hydrogens (tertiary/aromatic N) is 1. The van der Waals surface area contributed by atoms with E-state index in [9.17, 15) is 0 Å². The second-order valence-corrected chi connectivity index (χ2v) is 3.80. The van der Waals surface area contributed by atoms with Gasteiger partial charge in [0.1, 0.15) is 0 Å². The van der Waals surface area contributed by atoms with Gasteiger partial charge >= 0.3 is 0 Å². The lowest BCUT2D eigenvalue weighted by Crippen LogP contribution is -2.05. The summed E-state index contributed by atoms with van der Waals surface area (Å²) >= 11 is 0. The third kappa shape index (κ3) is 1.85. The van der Waals surface area contributed by atoms with E-state index in [1.807, 2.05) is 0 Å². The second-order valence-electron chi connectivity index (χ2n) is 3.80.